The molecule has 0 radical (unpaired) electrons. The van der Waals surface area contributed by atoms with Crippen molar-refractivity contribution in [3.05, 3.63) is 35.4 Å². The quantitative estimate of drug-likeness (QED) is 0.406. The van der Waals surface area contributed by atoms with Gasteiger partial charge in [0.05, 0.1) is 12.4 Å². The second kappa shape index (κ2) is 12.4. The molecule has 0 aliphatic carbocycles. The molecule has 0 aliphatic heterocycles. The fourth-order valence-electron chi connectivity index (χ4n) is 2.36. The van der Waals surface area contributed by atoms with Crippen molar-refractivity contribution in [2.24, 2.45) is 0 Å². The molecule has 0 unspecified atom stereocenters. The molecule has 0 atom stereocenters. The van der Waals surface area contributed by atoms with Crippen LogP contribution >= 0.6 is 0 Å². The van der Waals surface area contributed by atoms with E-state index in [1.807, 2.05) is 31.2 Å². The summed E-state index contributed by atoms with van der Waals surface area (Å²) in [6.07, 6.45) is 5.61. The molecule has 0 bridgehead atoms. The lowest BCUT2D eigenvalue weighted by molar-refractivity contribution is 0.114. The van der Waals surface area contributed by atoms with E-state index >= 15 is 0 Å². The average Bonchev–Trinajstić information content (AvgIpc) is 2.53. The molecular weight excluding hydrogens is 328 g/mol. The highest BCUT2D eigenvalue weighted by atomic mass is 32.2. The number of aryl methyl sites for hydroxylation is 1. The van der Waals surface area contributed by atoms with Crippen LogP contribution in [-0.2, 0) is 32.6 Å². The standard InChI is InChI=1S/C18H30O5S/c1-2-22-13-5-3-4-6-14-23-16-18-11-9-17(10-12-18)8-7-15-24(19,20)21/h9-12H,2-8,13-16H2,1H3,(H,19,20,21). The third kappa shape index (κ3) is 11.6. The maximum atomic E-state index is 10.7. The Morgan fingerprint density at radius 2 is 1.46 bits per heavy atom. The van der Waals surface area contributed by atoms with Gasteiger partial charge in [0.2, 0.25) is 0 Å². The van der Waals surface area contributed by atoms with Crippen molar-refractivity contribution in [2.75, 3.05) is 25.6 Å². The van der Waals surface area contributed by atoms with Gasteiger partial charge in [-0.15, -0.1) is 0 Å². The van der Waals surface area contributed by atoms with E-state index in [1.165, 1.54) is 12.8 Å². The van der Waals surface area contributed by atoms with Gasteiger partial charge < -0.3 is 9.47 Å². The Bertz CT molecular complexity index is 525. The molecule has 0 aliphatic rings. The first-order valence-corrected chi connectivity index (χ1v) is 10.3. The molecule has 6 heteroatoms. The van der Waals surface area contributed by atoms with Crippen LogP contribution in [0.5, 0.6) is 0 Å². The highest BCUT2D eigenvalue weighted by molar-refractivity contribution is 7.85. The monoisotopic (exact) mass is 358 g/mol. The summed E-state index contributed by atoms with van der Waals surface area (Å²) >= 11 is 0. The van der Waals surface area contributed by atoms with Crippen molar-refractivity contribution in [1.29, 1.82) is 0 Å². The van der Waals surface area contributed by atoms with Crippen LogP contribution < -0.4 is 0 Å². The molecule has 0 spiro atoms. The second-order valence-corrected chi connectivity index (χ2v) is 7.44. The molecule has 0 heterocycles. The Labute approximate surface area is 146 Å². The van der Waals surface area contributed by atoms with Gasteiger partial charge in [-0.25, -0.2) is 0 Å². The maximum Gasteiger partial charge on any atom is 0.264 e. The van der Waals surface area contributed by atoms with Crippen molar-refractivity contribution in [3.8, 4) is 0 Å². The summed E-state index contributed by atoms with van der Waals surface area (Å²) in [6, 6.07) is 7.97. The van der Waals surface area contributed by atoms with Crippen LogP contribution in [0, 0.1) is 0 Å². The molecule has 0 aromatic heterocycles. The molecule has 0 fully saturated rings. The SMILES string of the molecule is CCOCCCCCCOCc1ccc(CCCS(=O)(=O)O)cc1. The van der Waals surface area contributed by atoms with Gasteiger partial charge in [0.25, 0.3) is 10.1 Å². The largest absolute Gasteiger partial charge is 0.382 e. The van der Waals surface area contributed by atoms with E-state index in [9.17, 15) is 8.42 Å². The summed E-state index contributed by atoms with van der Waals surface area (Å²) in [5.74, 6) is -0.192. The van der Waals surface area contributed by atoms with E-state index in [-0.39, 0.29) is 5.75 Å². The molecule has 1 aromatic carbocycles. The first kappa shape index (κ1) is 21.1. The van der Waals surface area contributed by atoms with Crippen molar-refractivity contribution in [3.63, 3.8) is 0 Å². The van der Waals surface area contributed by atoms with Crippen LogP contribution in [0.1, 0.15) is 50.2 Å². The lowest BCUT2D eigenvalue weighted by atomic mass is 10.1. The number of ether oxygens (including phenoxy) is 2. The molecule has 1 aromatic rings. The highest BCUT2D eigenvalue weighted by Gasteiger charge is 2.04. The Balaban J connectivity index is 2.08. The smallest absolute Gasteiger partial charge is 0.264 e. The minimum absolute atomic E-state index is 0.192. The molecule has 24 heavy (non-hydrogen) atoms. The van der Waals surface area contributed by atoms with Crippen molar-refractivity contribution in [1.82, 2.24) is 0 Å². The first-order chi connectivity index (χ1) is 11.5. The number of hydrogen-bond donors (Lipinski definition) is 1. The molecular formula is C18H30O5S. The zero-order valence-electron chi connectivity index (χ0n) is 14.6. The predicted octanol–water partition coefficient (Wildman–Crippen LogP) is 3.62. The van der Waals surface area contributed by atoms with Gasteiger partial charge in [-0.05, 0) is 43.7 Å². The van der Waals surface area contributed by atoms with Gasteiger partial charge in [0, 0.05) is 19.8 Å². The predicted molar refractivity (Wildman–Crippen MR) is 95.8 cm³/mol. The minimum atomic E-state index is -3.86. The van der Waals surface area contributed by atoms with Gasteiger partial charge in [-0.3, -0.25) is 4.55 Å². The lowest BCUT2D eigenvalue weighted by Gasteiger charge is -2.06. The Morgan fingerprint density at radius 3 is 2.04 bits per heavy atom. The lowest BCUT2D eigenvalue weighted by Crippen LogP contribution is -2.04. The Kier molecular flexibility index (Phi) is 10.9. The summed E-state index contributed by atoms with van der Waals surface area (Å²) in [4.78, 5) is 0. The highest BCUT2D eigenvalue weighted by Crippen LogP contribution is 2.09. The topological polar surface area (TPSA) is 72.8 Å². The summed E-state index contributed by atoms with van der Waals surface area (Å²) < 4.78 is 41.0. The third-order valence-corrected chi connectivity index (χ3v) is 4.50. The van der Waals surface area contributed by atoms with Crippen LogP contribution in [-0.4, -0.2) is 38.5 Å². The van der Waals surface area contributed by atoms with Gasteiger partial charge in [-0.2, -0.15) is 8.42 Å². The van der Waals surface area contributed by atoms with E-state index in [0.29, 0.717) is 19.4 Å². The zero-order chi connectivity index (χ0) is 17.7. The normalized spacial score (nSPS) is 11.8. The summed E-state index contributed by atoms with van der Waals surface area (Å²) in [5, 5.41) is 0. The molecule has 0 amide bonds. The van der Waals surface area contributed by atoms with Crippen molar-refractivity contribution >= 4 is 10.1 Å². The van der Waals surface area contributed by atoms with Crippen molar-refractivity contribution < 1.29 is 22.4 Å². The molecule has 138 valence electrons. The summed E-state index contributed by atoms with van der Waals surface area (Å²) in [6.45, 7) is 5.03. The van der Waals surface area contributed by atoms with Gasteiger partial charge >= 0.3 is 0 Å². The van der Waals surface area contributed by atoms with Crippen LogP contribution in [0.4, 0.5) is 0 Å². The van der Waals surface area contributed by atoms with Crippen LogP contribution in [0.15, 0.2) is 24.3 Å². The Morgan fingerprint density at radius 1 is 0.875 bits per heavy atom. The minimum Gasteiger partial charge on any atom is -0.382 e. The molecule has 1 rings (SSSR count). The van der Waals surface area contributed by atoms with E-state index in [1.54, 1.807) is 0 Å². The fraction of sp³-hybridized carbons (Fsp3) is 0.667. The fourth-order valence-corrected chi connectivity index (χ4v) is 2.87. The second-order valence-electron chi connectivity index (χ2n) is 5.87. The zero-order valence-corrected chi connectivity index (χ0v) is 15.4. The Hall–Kier alpha value is -0.950. The molecule has 1 N–H and O–H groups in total. The van der Waals surface area contributed by atoms with Gasteiger partial charge in [0.1, 0.15) is 0 Å². The van der Waals surface area contributed by atoms with E-state index in [4.69, 9.17) is 14.0 Å². The third-order valence-electron chi connectivity index (χ3n) is 3.69. The molecule has 0 saturated carbocycles. The van der Waals surface area contributed by atoms with Crippen LogP contribution in [0.2, 0.25) is 0 Å². The van der Waals surface area contributed by atoms with Crippen molar-refractivity contribution in [2.45, 2.75) is 52.1 Å². The van der Waals surface area contributed by atoms with Gasteiger partial charge in [0.15, 0.2) is 0 Å². The number of unbranched alkanes of at least 4 members (excludes halogenated alkanes) is 3. The van der Waals surface area contributed by atoms with E-state index < -0.39 is 10.1 Å². The van der Waals surface area contributed by atoms with E-state index in [2.05, 4.69) is 0 Å². The first-order valence-electron chi connectivity index (χ1n) is 8.69. The van der Waals surface area contributed by atoms with E-state index in [0.717, 1.165) is 43.8 Å². The number of rotatable bonds is 14. The molecule has 5 nitrogen and oxygen atoms in total. The van der Waals surface area contributed by atoms with Crippen LogP contribution in [0.3, 0.4) is 0 Å². The summed E-state index contributed by atoms with van der Waals surface area (Å²) in [7, 11) is -3.86. The molecule has 0 saturated heterocycles. The van der Waals surface area contributed by atoms with Gasteiger partial charge in [-0.1, -0.05) is 37.1 Å². The van der Waals surface area contributed by atoms with Crippen LogP contribution in [0.25, 0.3) is 0 Å². The maximum absolute atomic E-state index is 10.7. The number of hydrogen-bond acceptors (Lipinski definition) is 4. The number of benzene rings is 1. The summed E-state index contributed by atoms with van der Waals surface area (Å²) in [5.41, 5.74) is 2.18. The average molecular weight is 358 g/mol.